The fraction of sp³-hybridized carbons (Fsp3) is 0. The van der Waals surface area contributed by atoms with Crippen molar-refractivity contribution in [2.75, 3.05) is 5.32 Å². The molecule has 0 atom stereocenters. The zero-order chi connectivity index (χ0) is 20.3. The van der Waals surface area contributed by atoms with Gasteiger partial charge in [0.05, 0.1) is 15.5 Å². The minimum Gasteiger partial charge on any atom is -0.507 e. The van der Waals surface area contributed by atoms with E-state index in [1.807, 2.05) is 12.1 Å². The molecule has 0 aliphatic carbocycles. The van der Waals surface area contributed by atoms with Crippen molar-refractivity contribution in [2.45, 2.75) is 9.79 Å². The fourth-order valence-corrected chi connectivity index (χ4v) is 3.55. The molecule has 142 valence electrons. The van der Waals surface area contributed by atoms with Crippen LogP contribution in [0.1, 0.15) is 10.4 Å². The minimum atomic E-state index is -0.685. The third kappa shape index (κ3) is 4.75. The van der Waals surface area contributed by atoms with Crippen LogP contribution in [0.4, 0.5) is 11.4 Å². The molecule has 0 spiro atoms. The van der Waals surface area contributed by atoms with Crippen molar-refractivity contribution in [3.8, 4) is 5.75 Å². The Morgan fingerprint density at radius 1 is 1.04 bits per heavy atom. The van der Waals surface area contributed by atoms with E-state index in [0.717, 1.165) is 28.0 Å². The summed E-state index contributed by atoms with van der Waals surface area (Å²) in [5.74, 6) is -1.04. The molecule has 0 aliphatic rings. The normalized spacial score (nSPS) is 10.5. The number of halogens is 2. The highest BCUT2D eigenvalue weighted by molar-refractivity contribution is 7.99. The van der Waals surface area contributed by atoms with Gasteiger partial charge in [-0.3, -0.25) is 14.9 Å². The first-order valence-corrected chi connectivity index (χ1v) is 9.42. The number of hydrogen-bond donors (Lipinski definition) is 2. The summed E-state index contributed by atoms with van der Waals surface area (Å²) in [6.45, 7) is 0. The second-order valence-electron chi connectivity index (χ2n) is 5.61. The van der Waals surface area contributed by atoms with E-state index in [-0.39, 0.29) is 17.0 Å². The molecule has 3 aromatic carbocycles. The molecule has 0 fully saturated rings. The molecule has 3 aromatic rings. The lowest BCUT2D eigenvalue weighted by Crippen LogP contribution is -2.12. The lowest BCUT2D eigenvalue weighted by Gasteiger charge is -2.10. The zero-order valence-corrected chi connectivity index (χ0v) is 16.4. The van der Waals surface area contributed by atoms with Crippen molar-refractivity contribution in [3.63, 3.8) is 0 Å². The number of non-ortho nitro benzene ring substituents is 1. The molecule has 28 heavy (non-hydrogen) atoms. The predicted molar refractivity (Wildman–Crippen MR) is 110 cm³/mol. The molecule has 0 bridgehead atoms. The Balaban J connectivity index is 1.77. The number of amides is 1. The van der Waals surface area contributed by atoms with E-state index in [1.165, 1.54) is 11.8 Å². The molecule has 2 N–H and O–H groups in total. The zero-order valence-electron chi connectivity index (χ0n) is 14.1. The van der Waals surface area contributed by atoms with E-state index in [1.54, 1.807) is 30.3 Å². The largest absolute Gasteiger partial charge is 0.507 e. The number of aromatic hydroxyl groups is 1. The van der Waals surface area contributed by atoms with Gasteiger partial charge in [0.15, 0.2) is 0 Å². The number of benzene rings is 3. The Morgan fingerprint density at radius 3 is 2.39 bits per heavy atom. The lowest BCUT2D eigenvalue weighted by atomic mass is 10.1. The molecule has 0 unspecified atom stereocenters. The summed E-state index contributed by atoms with van der Waals surface area (Å²) >= 11 is 13.6. The first-order chi connectivity index (χ1) is 13.3. The van der Waals surface area contributed by atoms with Gasteiger partial charge < -0.3 is 10.4 Å². The number of nitro groups is 1. The molecular formula is C19H12Cl2N2O4S. The van der Waals surface area contributed by atoms with Gasteiger partial charge in [0.2, 0.25) is 0 Å². The lowest BCUT2D eigenvalue weighted by molar-refractivity contribution is -0.384. The average molecular weight is 435 g/mol. The Morgan fingerprint density at radius 2 is 1.75 bits per heavy atom. The summed E-state index contributed by atoms with van der Waals surface area (Å²) in [5.41, 5.74) is -0.109. The Labute approximate surface area is 174 Å². The number of rotatable bonds is 5. The van der Waals surface area contributed by atoms with Crippen LogP contribution in [0.25, 0.3) is 0 Å². The number of hydrogen-bond acceptors (Lipinski definition) is 5. The standard InChI is InChI=1S/C19H12Cl2N2O4S/c20-11-1-5-14(6-2-11)28-18-8-3-12(9-16(18)21)22-19(25)15-10-13(23(26)27)4-7-17(15)24/h1-10,24H,(H,22,25). The smallest absolute Gasteiger partial charge is 0.270 e. The summed E-state index contributed by atoms with van der Waals surface area (Å²) < 4.78 is 0. The Bertz CT molecular complexity index is 1060. The van der Waals surface area contributed by atoms with Crippen LogP contribution in [-0.4, -0.2) is 15.9 Å². The maximum absolute atomic E-state index is 12.4. The van der Waals surface area contributed by atoms with Gasteiger partial charge in [0.25, 0.3) is 11.6 Å². The SMILES string of the molecule is O=C(Nc1ccc(Sc2ccc(Cl)cc2)c(Cl)c1)c1cc([N+](=O)[O-])ccc1O. The van der Waals surface area contributed by atoms with Crippen molar-refractivity contribution < 1.29 is 14.8 Å². The Hall–Kier alpha value is -2.74. The molecule has 0 radical (unpaired) electrons. The number of carbonyl (C=O) groups excluding carboxylic acids is 1. The Kier molecular flexibility index (Phi) is 6.08. The number of nitrogens with zero attached hydrogens (tertiary/aromatic N) is 1. The van der Waals surface area contributed by atoms with Crippen LogP contribution in [0.5, 0.6) is 5.75 Å². The number of anilines is 1. The number of phenols is 1. The van der Waals surface area contributed by atoms with Gasteiger partial charge in [-0.15, -0.1) is 0 Å². The van der Waals surface area contributed by atoms with E-state index >= 15 is 0 Å². The van der Waals surface area contributed by atoms with E-state index in [9.17, 15) is 20.0 Å². The van der Waals surface area contributed by atoms with Crippen LogP contribution in [0.2, 0.25) is 10.0 Å². The van der Waals surface area contributed by atoms with Gasteiger partial charge in [-0.1, -0.05) is 35.0 Å². The predicted octanol–water partition coefficient (Wildman–Crippen LogP) is 6.01. The fourth-order valence-electron chi connectivity index (χ4n) is 2.31. The maximum Gasteiger partial charge on any atom is 0.270 e. The number of nitro benzene ring substituents is 1. The van der Waals surface area contributed by atoms with Gasteiger partial charge in [-0.2, -0.15) is 0 Å². The van der Waals surface area contributed by atoms with Crippen molar-refractivity contribution in [1.29, 1.82) is 0 Å². The number of nitrogens with one attached hydrogen (secondary N) is 1. The molecule has 1 amide bonds. The van der Waals surface area contributed by atoms with E-state index < -0.39 is 10.8 Å². The topological polar surface area (TPSA) is 92.5 Å². The van der Waals surface area contributed by atoms with Crippen LogP contribution >= 0.6 is 35.0 Å². The second kappa shape index (κ2) is 8.52. The highest BCUT2D eigenvalue weighted by atomic mass is 35.5. The monoisotopic (exact) mass is 434 g/mol. The van der Waals surface area contributed by atoms with Crippen LogP contribution < -0.4 is 5.32 Å². The third-order valence-corrected chi connectivity index (χ3v) is 5.43. The molecule has 6 nitrogen and oxygen atoms in total. The molecule has 0 saturated heterocycles. The van der Waals surface area contributed by atoms with Gasteiger partial charge >= 0.3 is 0 Å². The summed E-state index contributed by atoms with van der Waals surface area (Å²) in [4.78, 5) is 24.3. The molecule has 0 heterocycles. The van der Waals surface area contributed by atoms with E-state index in [0.29, 0.717) is 15.7 Å². The molecular weight excluding hydrogens is 423 g/mol. The van der Waals surface area contributed by atoms with Gasteiger partial charge in [-0.05, 0) is 48.5 Å². The van der Waals surface area contributed by atoms with Gasteiger partial charge in [0.1, 0.15) is 5.75 Å². The van der Waals surface area contributed by atoms with Crippen LogP contribution in [0.3, 0.4) is 0 Å². The van der Waals surface area contributed by atoms with Crippen LogP contribution in [-0.2, 0) is 0 Å². The summed E-state index contributed by atoms with van der Waals surface area (Å²) in [5, 5.41) is 24.3. The number of carbonyl (C=O) groups is 1. The van der Waals surface area contributed by atoms with Crippen LogP contribution in [0, 0.1) is 10.1 Å². The minimum absolute atomic E-state index is 0.204. The van der Waals surface area contributed by atoms with E-state index in [4.69, 9.17) is 23.2 Å². The highest BCUT2D eigenvalue weighted by Gasteiger charge is 2.17. The number of phenolic OH excluding ortho intramolecular Hbond substituents is 1. The summed E-state index contributed by atoms with van der Waals surface area (Å²) in [6, 6.07) is 15.5. The van der Waals surface area contributed by atoms with Gasteiger partial charge in [0, 0.05) is 32.6 Å². The van der Waals surface area contributed by atoms with Gasteiger partial charge in [-0.25, -0.2) is 0 Å². The quantitative estimate of drug-likeness (QED) is 0.378. The van der Waals surface area contributed by atoms with E-state index in [2.05, 4.69) is 5.32 Å². The third-order valence-electron chi connectivity index (χ3n) is 3.67. The highest BCUT2D eigenvalue weighted by Crippen LogP contribution is 2.35. The van der Waals surface area contributed by atoms with Crippen molar-refractivity contribution >= 4 is 52.2 Å². The first-order valence-electron chi connectivity index (χ1n) is 7.85. The maximum atomic E-state index is 12.4. The molecule has 0 aromatic heterocycles. The summed E-state index contributed by atoms with van der Waals surface area (Å²) in [7, 11) is 0. The first kappa shape index (κ1) is 20.0. The molecule has 9 heteroatoms. The summed E-state index contributed by atoms with van der Waals surface area (Å²) in [6.07, 6.45) is 0. The second-order valence-corrected chi connectivity index (χ2v) is 7.57. The van der Waals surface area contributed by atoms with Crippen molar-refractivity contribution in [2.24, 2.45) is 0 Å². The molecule has 3 rings (SSSR count). The van der Waals surface area contributed by atoms with Crippen molar-refractivity contribution in [1.82, 2.24) is 0 Å². The van der Waals surface area contributed by atoms with Crippen LogP contribution in [0.15, 0.2) is 70.5 Å². The van der Waals surface area contributed by atoms with Crippen molar-refractivity contribution in [3.05, 3.63) is 86.4 Å². The molecule has 0 aliphatic heterocycles. The molecule has 0 saturated carbocycles. The average Bonchev–Trinajstić information content (AvgIpc) is 2.65.